The topological polar surface area (TPSA) is 174 Å². The van der Waals surface area contributed by atoms with Gasteiger partial charge in [0.05, 0.1) is 18.2 Å². The van der Waals surface area contributed by atoms with Crippen molar-refractivity contribution >= 4 is 23.2 Å². The lowest BCUT2D eigenvalue weighted by atomic mass is 9.58. The van der Waals surface area contributed by atoms with E-state index < -0.39 is 58.0 Å². The molecule has 0 aliphatic heterocycles. The Kier molecular flexibility index (Phi) is 6.14. The molecule has 36 heavy (non-hydrogen) atoms. The molecule has 0 aromatic heterocycles. The Morgan fingerprint density at radius 2 is 1.83 bits per heavy atom. The predicted octanol–water partition coefficient (Wildman–Crippen LogP) is 0.333. The van der Waals surface area contributed by atoms with Gasteiger partial charge in [0.1, 0.15) is 22.8 Å². The maximum absolute atomic E-state index is 13.8. The molecule has 0 spiro atoms. The highest BCUT2D eigenvalue weighted by Gasteiger charge is 2.63. The number of amides is 1. The van der Waals surface area contributed by atoms with Crippen LogP contribution in [0.15, 0.2) is 28.7 Å². The maximum atomic E-state index is 13.8. The zero-order chi connectivity index (χ0) is 26.9. The van der Waals surface area contributed by atoms with Crippen LogP contribution in [0.5, 0.6) is 5.75 Å². The molecule has 1 aromatic carbocycles. The van der Waals surface area contributed by atoms with Crippen molar-refractivity contribution < 1.29 is 39.5 Å². The highest BCUT2D eigenvalue weighted by molar-refractivity contribution is 6.24. The van der Waals surface area contributed by atoms with E-state index in [0.717, 1.165) is 0 Å². The quantitative estimate of drug-likeness (QED) is 0.354. The molecule has 194 valence electrons. The highest BCUT2D eigenvalue weighted by Crippen LogP contribution is 2.53. The third-order valence-corrected chi connectivity index (χ3v) is 7.56. The summed E-state index contributed by atoms with van der Waals surface area (Å²) in [5.41, 5.74) is 3.25. The number of phenols is 1. The van der Waals surface area contributed by atoms with Crippen molar-refractivity contribution in [3.63, 3.8) is 0 Å². The minimum atomic E-state index is -2.66. The fourth-order valence-corrected chi connectivity index (χ4v) is 6.02. The molecule has 0 radical (unpaired) electrons. The summed E-state index contributed by atoms with van der Waals surface area (Å²) >= 11 is 0. The summed E-state index contributed by atoms with van der Waals surface area (Å²) in [6, 6.07) is 0.709. The van der Waals surface area contributed by atoms with Crippen LogP contribution >= 0.6 is 0 Å². The standard InChI is InChI=1S/C25H31N3O8/c1-27(2)14-8-11(9-36-5)19(29)16-12(14)6-10-7-13-18(28(3)4)21(31)17(24(26)34)23(33)25(13,35)22(32)15(10)20(16)30/h8,10,13,18,29,31-32,35H,6-7,9H2,1-5H3,(H2,26,34)/t10-,13+,18+,25-/m0/s1. The molecule has 4 atom stereocenters. The molecule has 0 saturated heterocycles. The first-order chi connectivity index (χ1) is 16.8. The SMILES string of the molecule is COCc1cc(N(C)C)c2c(c1O)C(=O)C1=C(O)[C@]3(O)C(=O)C(C(N)=O)=C(O)[C@H](N(C)C)[C@H]3C[C@@H]1C2. The molecule has 11 nitrogen and oxygen atoms in total. The molecular weight excluding hydrogens is 470 g/mol. The fourth-order valence-electron chi connectivity index (χ4n) is 6.02. The second-order valence-electron chi connectivity index (χ2n) is 10.0. The van der Waals surface area contributed by atoms with E-state index in [2.05, 4.69) is 0 Å². The first-order valence-corrected chi connectivity index (χ1v) is 11.5. The summed E-state index contributed by atoms with van der Waals surface area (Å²) in [6.45, 7) is 0.0305. The minimum Gasteiger partial charge on any atom is -0.510 e. The lowest BCUT2D eigenvalue weighted by Crippen LogP contribution is -2.63. The van der Waals surface area contributed by atoms with Crippen LogP contribution in [-0.2, 0) is 27.4 Å². The van der Waals surface area contributed by atoms with Crippen molar-refractivity contribution in [2.45, 2.75) is 31.1 Å². The van der Waals surface area contributed by atoms with Gasteiger partial charge in [-0.1, -0.05) is 0 Å². The van der Waals surface area contributed by atoms with Crippen LogP contribution in [0.2, 0.25) is 0 Å². The molecule has 0 saturated carbocycles. The third kappa shape index (κ3) is 3.34. The average molecular weight is 502 g/mol. The number of benzene rings is 1. The van der Waals surface area contributed by atoms with E-state index in [4.69, 9.17) is 10.5 Å². The number of fused-ring (bicyclic) bond motifs is 3. The van der Waals surface area contributed by atoms with Crippen LogP contribution in [0.4, 0.5) is 5.69 Å². The number of primary amides is 1. The van der Waals surface area contributed by atoms with E-state index in [1.807, 2.05) is 0 Å². The number of allylic oxidation sites excluding steroid dienone is 1. The number of likely N-dealkylation sites (N-methyl/N-ethyl adjacent to an activating group) is 1. The molecule has 3 aliphatic rings. The number of hydrogen-bond donors (Lipinski definition) is 5. The van der Waals surface area contributed by atoms with Gasteiger partial charge in [-0.05, 0) is 44.5 Å². The number of ketones is 2. The number of carbonyl (C=O) groups excluding carboxylic acids is 3. The number of methoxy groups -OCH3 is 1. The van der Waals surface area contributed by atoms with Gasteiger partial charge in [0, 0.05) is 43.9 Å². The number of aromatic hydroxyl groups is 1. The van der Waals surface area contributed by atoms with Crippen LogP contribution in [0.3, 0.4) is 0 Å². The maximum Gasteiger partial charge on any atom is 0.255 e. The van der Waals surface area contributed by atoms with Crippen molar-refractivity contribution in [2.75, 3.05) is 40.2 Å². The Morgan fingerprint density at radius 3 is 2.36 bits per heavy atom. The largest absolute Gasteiger partial charge is 0.510 e. The van der Waals surface area contributed by atoms with Crippen LogP contribution in [0.25, 0.3) is 0 Å². The van der Waals surface area contributed by atoms with Gasteiger partial charge in [-0.2, -0.15) is 0 Å². The van der Waals surface area contributed by atoms with Gasteiger partial charge in [-0.3, -0.25) is 19.3 Å². The number of Topliss-reactive ketones (excluding diaryl/α,β-unsaturated/α-hetero) is 2. The van der Waals surface area contributed by atoms with Gasteiger partial charge in [0.25, 0.3) is 5.91 Å². The Balaban J connectivity index is 1.99. The average Bonchev–Trinajstić information content (AvgIpc) is 2.77. The Bertz CT molecular complexity index is 1250. The number of ether oxygens (including phenoxy) is 1. The van der Waals surface area contributed by atoms with E-state index in [-0.39, 0.29) is 36.3 Å². The van der Waals surface area contributed by atoms with Crippen LogP contribution in [-0.4, -0.2) is 89.7 Å². The summed E-state index contributed by atoms with van der Waals surface area (Å²) in [4.78, 5) is 42.5. The van der Waals surface area contributed by atoms with Gasteiger partial charge in [0.2, 0.25) is 5.78 Å². The number of hydrogen-bond acceptors (Lipinski definition) is 10. The molecule has 0 heterocycles. The summed E-state index contributed by atoms with van der Waals surface area (Å²) < 4.78 is 5.16. The first-order valence-electron chi connectivity index (χ1n) is 11.5. The first kappa shape index (κ1) is 25.7. The highest BCUT2D eigenvalue weighted by atomic mass is 16.5. The van der Waals surface area contributed by atoms with Gasteiger partial charge in [-0.15, -0.1) is 0 Å². The molecule has 0 bridgehead atoms. The van der Waals surface area contributed by atoms with Gasteiger partial charge < -0.3 is 35.8 Å². The summed E-state index contributed by atoms with van der Waals surface area (Å²) in [5, 5.41) is 44.8. The van der Waals surface area contributed by atoms with Gasteiger partial charge in [0.15, 0.2) is 11.4 Å². The van der Waals surface area contributed by atoms with E-state index in [1.165, 1.54) is 12.0 Å². The molecule has 1 amide bonds. The molecule has 1 aromatic rings. The number of phenolic OH excluding ortho intramolecular Hbond substituents is 1. The molecule has 11 heteroatoms. The molecule has 0 unspecified atom stereocenters. The van der Waals surface area contributed by atoms with E-state index >= 15 is 0 Å². The monoisotopic (exact) mass is 501 g/mol. The number of nitrogens with two attached hydrogens (primary N) is 1. The molecule has 6 N–H and O–H groups in total. The number of anilines is 1. The van der Waals surface area contributed by atoms with E-state index in [0.29, 0.717) is 16.8 Å². The van der Waals surface area contributed by atoms with Crippen molar-refractivity contribution in [1.29, 1.82) is 0 Å². The lowest BCUT2D eigenvalue weighted by molar-refractivity contribution is -0.148. The third-order valence-electron chi connectivity index (χ3n) is 7.56. The summed E-state index contributed by atoms with van der Waals surface area (Å²) in [7, 11) is 8.23. The summed E-state index contributed by atoms with van der Waals surface area (Å²) in [6.07, 6.45) is 0.266. The smallest absolute Gasteiger partial charge is 0.255 e. The molecule has 3 aliphatic carbocycles. The zero-order valence-electron chi connectivity index (χ0n) is 20.8. The van der Waals surface area contributed by atoms with Crippen molar-refractivity contribution in [1.82, 2.24) is 4.90 Å². The van der Waals surface area contributed by atoms with E-state index in [9.17, 15) is 34.8 Å². The Morgan fingerprint density at radius 1 is 1.19 bits per heavy atom. The number of aliphatic hydroxyl groups is 3. The number of aliphatic hydroxyl groups excluding tert-OH is 2. The van der Waals surface area contributed by atoms with Gasteiger partial charge in [-0.25, -0.2) is 0 Å². The second-order valence-corrected chi connectivity index (χ2v) is 10.0. The number of nitrogens with zero attached hydrogens (tertiary/aromatic N) is 2. The Labute approximate surface area is 208 Å². The lowest BCUT2D eigenvalue weighted by Gasteiger charge is -2.50. The molecule has 4 rings (SSSR count). The normalized spacial score (nSPS) is 27.7. The number of carbonyl (C=O) groups is 3. The number of rotatable bonds is 5. The molecule has 0 fully saturated rings. The Hall–Kier alpha value is -3.41. The molecular formula is C25H31N3O8. The van der Waals surface area contributed by atoms with Crippen LogP contribution in [0.1, 0.15) is 27.9 Å². The van der Waals surface area contributed by atoms with E-state index in [1.54, 1.807) is 39.2 Å². The minimum absolute atomic E-state index is 0.0305. The fraction of sp³-hybridized carbons (Fsp3) is 0.480. The van der Waals surface area contributed by atoms with Crippen molar-refractivity contribution in [3.8, 4) is 5.75 Å². The predicted molar refractivity (Wildman–Crippen MR) is 129 cm³/mol. The zero-order valence-corrected chi connectivity index (χ0v) is 20.8. The summed E-state index contributed by atoms with van der Waals surface area (Å²) in [5.74, 6) is -6.70. The van der Waals surface area contributed by atoms with Gasteiger partial charge >= 0.3 is 0 Å². The van der Waals surface area contributed by atoms with Crippen LogP contribution in [0, 0.1) is 11.8 Å². The van der Waals surface area contributed by atoms with Crippen LogP contribution < -0.4 is 10.6 Å². The van der Waals surface area contributed by atoms with Crippen molar-refractivity contribution in [2.24, 2.45) is 17.6 Å². The van der Waals surface area contributed by atoms with Crippen molar-refractivity contribution in [3.05, 3.63) is 45.4 Å². The second kappa shape index (κ2) is 8.61.